The number of carbonyl (C=O) groups excluding carboxylic acids is 5. The second-order valence-electron chi connectivity index (χ2n) is 23.0. The summed E-state index contributed by atoms with van der Waals surface area (Å²) in [5.74, 6) is -9.30. The SMILES string of the molecule is C1COCCN1.CCOC(=O)c1cnc(N)c(-c2ccc(C(=O)N[C@H](CO)c3cc(F)cc(Br)c3)c(F)c2)n1.Nc1ncc(C(=O)N2CCCCC2)nc1-c1ccc(C(=O)N[C@H](CO)c2cc(F)cc(Br)c2)c(F)c1.Nc1ncc(C(=O)O)nc1-c1ccc(C(=O)N[C@H](CO)c2cc(F)cc(Br)c2)c(F)c1.S.S.S. The number of carbonyl (C=O) groups is 6. The van der Waals surface area contributed by atoms with E-state index in [9.17, 15) is 70.4 Å². The van der Waals surface area contributed by atoms with Crippen molar-refractivity contribution >= 4 is 141 Å². The molecular formula is C71H73Br3F6N14O12S3. The summed E-state index contributed by atoms with van der Waals surface area (Å²) in [7, 11) is 0. The number of likely N-dealkylation sites (tertiary alicyclic amines) is 1. The van der Waals surface area contributed by atoms with E-state index >= 15 is 0 Å². The molecule has 26 nitrogen and oxygen atoms in total. The number of rotatable bonds is 19. The van der Waals surface area contributed by atoms with Gasteiger partial charge in [0, 0.05) is 56.3 Å². The zero-order valence-corrected chi connectivity index (χ0v) is 65.1. The number of aliphatic hydroxyl groups excluding tert-OH is 3. The van der Waals surface area contributed by atoms with Crippen LogP contribution in [-0.4, -0.2) is 157 Å². The van der Waals surface area contributed by atoms with Gasteiger partial charge in [-0.25, -0.2) is 65.8 Å². The molecule has 11 rings (SSSR count). The van der Waals surface area contributed by atoms with E-state index in [0.717, 1.165) is 94.4 Å². The van der Waals surface area contributed by atoms with Gasteiger partial charge in [-0.05, 0) is 134 Å². The molecule has 3 aromatic heterocycles. The number of ether oxygens (including phenoxy) is 2. The third-order valence-corrected chi connectivity index (χ3v) is 17.0. The number of aromatic nitrogens is 6. The number of aromatic carboxylic acids is 1. The third-order valence-electron chi connectivity index (χ3n) is 15.6. The zero-order valence-electron chi connectivity index (χ0n) is 57.4. The Labute approximate surface area is 665 Å². The van der Waals surface area contributed by atoms with E-state index in [0.29, 0.717) is 37.6 Å². The lowest BCUT2D eigenvalue weighted by atomic mass is 10.0. The molecule has 2 aliphatic heterocycles. The number of piperidine rings is 1. The molecular weight excluding hydrogens is 1690 g/mol. The molecule has 4 amide bonds. The Morgan fingerprint density at radius 1 is 0.514 bits per heavy atom. The molecule has 3 atom stereocenters. The predicted molar refractivity (Wildman–Crippen MR) is 417 cm³/mol. The Kier molecular flexibility index (Phi) is 35.7. The molecule has 580 valence electrons. The molecule has 2 saturated heterocycles. The van der Waals surface area contributed by atoms with E-state index in [2.05, 4.69) is 99.0 Å². The summed E-state index contributed by atoms with van der Waals surface area (Å²) in [4.78, 5) is 99.4. The summed E-state index contributed by atoms with van der Waals surface area (Å²) in [6.45, 7) is 5.28. The largest absolute Gasteiger partial charge is 0.476 e. The van der Waals surface area contributed by atoms with E-state index in [1.807, 2.05) is 0 Å². The normalized spacial score (nSPS) is 12.9. The van der Waals surface area contributed by atoms with Crippen LogP contribution in [-0.2, 0) is 9.47 Å². The third kappa shape index (κ3) is 25.1. The van der Waals surface area contributed by atoms with Crippen LogP contribution in [0.2, 0.25) is 0 Å². The van der Waals surface area contributed by atoms with Gasteiger partial charge in [-0.2, -0.15) is 40.5 Å². The Hall–Kier alpha value is -9.35. The van der Waals surface area contributed by atoms with Gasteiger partial charge in [0.15, 0.2) is 11.4 Å². The van der Waals surface area contributed by atoms with E-state index < -0.39 is 103 Å². The minimum Gasteiger partial charge on any atom is -0.476 e. The highest BCUT2D eigenvalue weighted by molar-refractivity contribution is 9.11. The van der Waals surface area contributed by atoms with Crippen LogP contribution in [0.4, 0.5) is 43.8 Å². The number of nitrogen functional groups attached to an aromatic ring is 3. The van der Waals surface area contributed by atoms with Gasteiger partial charge in [0.25, 0.3) is 23.6 Å². The van der Waals surface area contributed by atoms with Gasteiger partial charge in [-0.3, -0.25) is 19.2 Å². The highest BCUT2D eigenvalue weighted by atomic mass is 79.9. The average Bonchev–Trinajstić information content (AvgIpc) is 0.791. The highest BCUT2D eigenvalue weighted by Gasteiger charge is 2.27. The second kappa shape index (κ2) is 43.1. The number of carboxylic acids is 1. The summed E-state index contributed by atoms with van der Waals surface area (Å²) in [6.07, 6.45) is 6.33. The van der Waals surface area contributed by atoms with Gasteiger partial charge < -0.3 is 73.3 Å². The van der Waals surface area contributed by atoms with Crippen LogP contribution in [0.15, 0.2) is 141 Å². The van der Waals surface area contributed by atoms with Crippen LogP contribution in [0.1, 0.15) is 124 Å². The molecule has 2 fully saturated rings. The van der Waals surface area contributed by atoms with Crippen molar-refractivity contribution in [2.75, 3.05) is 83.0 Å². The Balaban J connectivity index is 0.000000278. The number of halogens is 9. The predicted octanol–water partition coefficient (Wildman–Crippen LogP) is 10.1. The first-order valence-corrected chi connectivity index (χ1v) is 34.5. The molecule has 0 bridgehead atoms. The molecule has 14 N–H and O–H groups in total. The van der Waals surface area contributed by atoms with E-state index in [1.165, 1.54) is 72.9 Å². The molecule has 0 unspecified atom stereocenters. The summed E-state index contributed by atoms with van der Waals surface area (Å²) in [6, 6.07) is 19.7. The van der Waals surface area contributed by atoms with Crippen molar-refractivity contribution in [3.8, 4) is 33.8 Å². The minimum atomic E-state index is -1.33. The molecule has 0 radical (unpaired) electrons. The lowest BCUT2D eigenvalue weighted by Gasteiger charge is -2.26. The molecule has 9 aromatic rings. The molecule has 109 heavy (non-hydrogen) atoms. The maximum absolute atomic E-state index is 15.0. The standard InChI is InChI=1S/C25H24BrF2N5O3.C22H19BrF2N4O4.C20H15BrF2N4O4.C4H9NO.3H2S/c26-16-8-15(9-17(27)11-16)21(13-34)32-24(35)18-5-4-14(10-19(18)28)22-23(29)30-12-20(31-22)25(36)33-6-2-1-3-7-33;1-2-33-22(32)17-9-27-20(26)19(28-17)11-3-4-15(16(25)7-11)21(31)29-18(10-30)12-5-13(23)8-14(24)6-12;21-11-3-10(4-12(22)6-11)16(8-28)27-19(29)13-2-1-9(5-14(13)23)17-18(24)25-7-15(26-17)20(30)31;1-3-6-4-2-5-1;;;/h4-5,8-12,21,34H,1-3,6-7,13H2,(H2,29,30)(H,32,35);3-9,18,30H,2,10H2,1H3,(H2,26,27)(H,29,31);1-7,16,28H,8H2,(H2,24,25)(H,27,29)(H,30,31);5H,1-4H2;3*1H2/t21-;18-;16-;;;;/m111..../s1. The summed E-state index contributed by atoms with van der Waals surface area (Å²) < 4.78 is 96.7. The first-order valence-electron chi connectivity index (χ1n) is 32.1. The summed E-state index contributed by atoms with van der Waals surface area (Å²) >= 11 is 9.44. The van der Waals surface area contributed by atoms with E-state index in [-0.39, 0.29) is 144 Å². The molecule has 5 heterocycles. The Bertz CT molecular complexity index is 4650. The molecule has 0 spiro atoms. The number of amides is 4. The van der Waals surface area contributed by atoms with E-state index in [4.69, 9.17) is 31.8 Å². The van der Waals surface area contributed by atoms with Crippen molar-refractivity contribution in [1.29, 1.82) is 0 Å². The second-order valence-corrected chi connectivity index (χ2v) is 25.8. The van der Waals surface area contributed by atoms with Crippen LogP contribution >= 0.6 is 88.3 Å². The molecule has 2 aliphatic rings. The minimum absolute atomic E-state index is 0. The Morgan fingerprint density at radius 3 is 1.16 bits per heavy atom. The maximum atomic E-state index is 15.0. The van der Waals surface area contributed by atoms with Gasteiger partial charge in [0.2, 0.25) is 0 Å². The van der Waals surface area contributed by atoms with Crippen LogP contribution in [0.25, 0.3) is 33.8 Å². The highest BCUT2D eigenvalue weighted by Crippen LogP contribution is 2.31. The van der Waals surface area contributed by atoms with Gasteiger partial charge in [-0.15, -0.1) is 0 Å². The van der Waals surface area contributed by atoms with Gasteiger partial charge in [0.05, 0.1) is 93.0 Å². The molecule has 0 saturated carbocycles. The summed E-state index contributed by atoms with van der Waals surface area (Å²) in [5.41, 5.74) is 17.7. The van der Waals surface area contributed by atoms with Gasteiger partial charge in [-0.1, -0.05) is 66.0 Å². The van der Waals surface area contributed by atoms with Crippen LogP contribution in [0.5, 0.6) is 0 Å². The maximum Gasteiger partial charge on any atom is 0.358 e. The number of morpholine rings is 1. The fourth-order valence-electron chi connectivity index (χ4n) is 10.4. The number of esters is 1. The molecule has 38 heteroatoms. The number of hydrogen-bond acceptors (Lipinski definition) is 21. The smallest absolute Gasteiger partial charge is 0.358 e. The van der Waals surface area contributed by atoms with Crippen LogP contribution < -0.4 is 38.5 Å². The van der Waals surface area contributed by atoms with Gasteiger partial charge >= 0.3 is 11.9 Å². The number of nitrogens with zero attached hydrogens (tertiary/aromatic N) is 7. The fraction of sp³-hybridized carbons (Fsp3) is 0.239. The number of carboxylic acid groups (broad SMARTS) is 1. The molecule has 6 aromatic carbocycles. The van der Waals surface area contributed by atoms with Crippen molar-refractivity contribution in [1.82, 2.24) is 56.1 Å². The quantitative estimate of drug-likeness (QED) is 0.0265. The fourth-order valence-corrected chi connectivity index (χ4v) is 11.8. The number of anilines is 3. The first-order chi connectivity index (χ1) is 50.7. The number of aliphatic hydroxyl groups is 3. The first kappa shape index (κ1) is 90.3. The zero-order chi connectivity index (χ0) is 76.9. The van der Waals surface area contributed by atoms with Gasteiger partial charge in [0.1, 0.15) is 75.1 Å². The number of nitrogens with two attached hydrogens (primary N) is 3. The van der Waals surface area contributed by atoms with Crippen molar-refractivity contribution < 1.29 is 85.0 Å². The summed E-state index contributed by atoms with van der Waals surface area (Å²) in [5, 5.41) is 48.6. The lowest BCUT2D eigenvalue weighted by molar-refractivity contribution is 0.0517. The van der Waals surface area contributed by atoms with Crippen molar-refractivity contribution in [2.45, 2.75) is 44.3 Å². The molecule has 0 aliphatic carbocycles. The Morgan fingerprint density at radius 2 is 0.853 bits per heavy atom. The monoisotopic (exact) mass is 1760 g/mol. The number of benzene rings is 6. The van der Waals surface area contributed by atoms with Crippen molar-refractivity contribution in [2.24, 2.45) is 0 Å². The number of hydrogen-bond donors (Lipinski definition) is 11. The average molecular weight is 1760 g/mol. The van der Waals surface area contributed by atoms with E-state index in [1.54, 1.807) is 17.9 Å². The van der Waals surface area contributed by atoms with Crippen molar-refractivity contribution in [3.63, 3.8) is 0 Å². The topological polar surface area (TPSA) is 409 Å². The number of nitrogens with one attached hydrogen (secondary N) is 4. The lowest BCUT2D eigenvalue weighted by Crippen LogP contribution is -2.36. The van der Waals surface area contributed by atoms with Crippen LogP contribution in [0, 0.1) is 34.9 Å². The van der Waals surface area contributed by atoms with Crippen molar-refractivity contribution in [3.05, 3.63) is 227 Å². The van der Waals surface area contributed by atoms with Crippen LogP contribution in [0.3, 0.4) is 0 Å².